The molecular formula is C19H21F3N2OS. The lowest BCUT2D eigenvalue weighted by molar-refractivity contribution is -0.141. The molecule has 0 radical (unpaired) electrons. The highest BCUT2D eigenvalue weighted by Crippen LogP contribution is 2.26. The van der Waals surface area contributed by atoms with Crippen molar-refractivity contribution in [2.45, 2.75) is 25.6 Å². The third-order valence-electron chi connectivity index (χ3n) is 4.48. The molecule has 7 heteroatoms. The summed E-state index contributed by atoms with van der Waals surface area (Å²) >= 11 is 1.68. The fourth-order valence-electron chi connectivity index (χ4n) is 3.27. The minimum Gasteiger partial charge on any atom is -0.347 e. The normalized spacial score (nSPS) is 18.7. The molecule has 26 heavy (non-hydrogen) atoms. The number of piperidine rings is 1. The number of rotatable bonds is 5. The first-order valence-corrected chi connectivity index (χ1v) is 9.48. The highest BCUT2D eigenvalue weighted by Gasteiger charge is 2.31. The highest BCUT2D eigenvalue weighted by atomic mass is 32.1. The van der Waals surface area contributed by atoms with Crippen molar-refractivity contribution in [1.82, 2.24) is 10.2 Å². The first-order chi connectivity index (χ1) is 12.4. The first kappa shape index (κ1) is 18.9. The summed E-state index contributed by atoms with van der Waals surface area (Å²) in [5, 5.41) is 4.05. The van der Waals surface area contributed by atoms with Gasteiger partial charge >= 0.3 is 6.18 Å². The van der Waals surface area contributed by atoms with Crippen molar-refractivity contribution in [3.63, 3.8) is 0 Å². The van der Waals surface area contributed by atoms with Gasteiger partial charge in [0.05, 0.1) is 5.92 Å². The van der Waals surface area contributed by atoms with Gasteiger partial charge in [0.2, 0.25) is 5.91 Å². The zero-order valence-corrected chi connectivity index (χ0v) is 15.1. The van der Waals surface area contributed by atoms with E-state index in [4.69, 9.17) is 0 Å². The van der Waals surface area contributed by atoms with Crippen LogP contribution in [0.2, 0.25) is 0 Å². The fourth-order valence-corrected chi connectivity index (χ4v) is 3.99. The van der Waals surface area contributed by atoms with Crippen LogP contribution in [0.1, 0.15) is 18.4 Å². The summed E-state index contributed by atoms with van der Waals surface area (Å²) in [6, 6.07) is 12.4. The number of halogens is 3. The number of nitrogens with one attached hydrogen (secondary N) is 1. The molecule has 1 aliphatic rings. The zero-order valence-electron chi connectivity index (χ0n) is 14.3. The lowest BCUT2D eigenvalue weighted by atomic mass is 9.96. The average Bonchev–Trinajstić information content (AvgIpc) is 3.14. The summed E-state index contributed by atoms with van der Waals surface area (Å²) in [6.07, 6.45) is -2.92. The van der Waals surface area contributed by atoms with Crippen LogP contribution in [-0.2, 0) is 11.3 Å². The van der Waals surface area contributed by atoms with Crippen LogP contribution in [-0.4, -0.2) is 36.6 Å². The van der Waals surface area contributed by atoms with Crippen molar-refractivity contribution in [3.05, 3.63) is 47.3 Å². The Morgan fingerprint density at radius 1 is 1.27 bits per heavy atom. The summed E-state index contributed by atoms with van der Waals surface area (Å²) in [5.41, 5.74) is 2.31. The molecule has 1 saturated heterocycles. The Hall–Kier alpha value is -1.86. The van der Waals surface area contributed by atoms with Crippen molar-refractivity contribution in [2.75, 3.05) is 19.6 Å². The maximum atomic E-state index is 12.3. The van der Waals surface area contributed by atoms with Crippen molar-refractivity contribution in [1.29, 1.82) is 0 Å². The number of likely N-dealkylation sites (tertiary alicyclic amines) is 1. The largest absolute Gasteiger partial charge is 0.405 e. The van der Waals surface area contributed by atoms with Gasteiger partial charge < -0.3 is 5.32 Å². The van der Waals surface area contributed by atoms with Crippen LogP contribution in [0.3, 0.4) is 0 Å². The van der Waals surface area contributed by atoms with Crippen LogP contribution in [0.4, 0.5) is 13.2 Å². The van der Waals surface area contributed by atoms with E-state index >= 15 is 0 Å². The van der Waals surface area contributed by atoms with Gasteiger partial charge in [0.15, 0.2) is 0 Å². The molecule has 2 aromatic rings. The third kappa shape index (κ3) is 5.32. The van der Waals surface area contributed by atoms with Gasteiger partial charge in [0.25, 0.3) is 0 Å². The molecule has 1 N–H and O–H groups in total. The van der Waals surface area contributed by atoms with Crippen molar-refractivity contribution in [2.24, 2.45) is 5.92 Å². The Balaban J connectivity index is 1.58. The van der Waals surface area contributed by atoms with Gasteiger partial charge in [-0.25, -0.2) is 0 Å². The van der Waals surface area contributed by atoms with Crippen LogP contribution in [0.25, 0.3) is 10.4 Å². The maximum Gasteiger partial charge on any atom is 0.405 e. The van der Waals surface area contributed by atoms with Crippen LogP contribution in [0.15, 0.2) is 41.8 Å². The Kier molecular flexibility index (Phi) is 5.98. The SMILES string of the molecule is O=C(NCC(F)(F)F)C1CCCN(Cc2cccc(-c3cccs3)c2)C1. The Bertz CT molecular complexity index is 731. The molecule has 0 saturated carbocycles. The molecule has 1 amide bonds. The van der Waals surface area contributed by atoms with Gasteiger partial charge in [-0.1, -0.05) is 24.3 Å². The van der Waals surface area contributed by atoms with E-state index in [1.165, 1.54) is 4.88 Å². The second-order valence-electron chi connectivity index (χ2n) is 6.58. The second kappa shape index (κ2) is 8.22. The predicted octanol–water partition coefficient (Wildman–Crippen LogP) is 4.31. The van der Waals surface area contributed by atoms with E-state index in [-0.39, 0.29) is 5.92 Å². The minimum absolute atomic E-state index is 0.383. The minimum atomic E-state index is -4.37. The Morgan fingerprint density at radius 2 is 2.12 bits per heavy atom. The van der Waals surface area contributed by atoms with E-state index in [9.17, 15) is 18.0 Å². The van der Waals surface area contributed by atoms with Crippen LogP contribution < -0.4 is 5.32 Å². The smallest absolute Gasteiger partial charge is 0.347 e. The molecule has 3 rings (SSSR count). The van der Waals surface area contributed by atoms with E-state index in [0.29, 0.717) is 19.5 Å². The number of alkyl halides is 3. The zero-order chi connectivity index (χ0) is 18.6. The lowest BCUT2D eigenvalue weighted by Crippen LogP contribution is -2.44. The van der Waals surface area contributed by atoms with Gasteiger partial charge in [-0.15, -0.1) is 11.3 Å². The first-order valence-electron chi connectivity index (χ1n) is 8.60. The molecule has 1 aromatic carbocycles. The molecule has 0 spiro atoms. The molecule has 0 bridgehead atoms. The van der Waals surface area contributed by atoms with Crippen molar-refractivity contribution >= 4 is 17.2 Å². The number of amides is 1. The number of hydrogen-bond donors (Lipinski definition) is 1. The van der Waals surface area contributed by atoms with E-state index < -0.39 is 18.6 Å². The maximum absolute atomic E-state index is 12.3. The van der Waals surface area contributed by atoms with Crippen molar-refractivity contribution < 1.29 is 18.0 Å². The van der Waals surface area contributed by atoms with E-state index in [2.05, 4.69) is 23.1 Å². The third-order valence-corrected chi connectivity index (χ3v) is 5.40. The fraction of sp³-hybridized carbons (Fsp3) is 0.421. The van der Waals surface area contributed by atoms with Gasteiger partial charge in [-0.05, 0) is 48.0 Å². The van der Waals surface area contributed by atoms with Gasteiger partial charge in [0.1, 0.15) is 6.54 Å². The monoisotopic (exact) mass is 382 g/mol. The Labute approximate surface area is 154 Å². The second-order valence-corrected chi connectivity index (χ2v) is 7.53. The standard InChI is InChI=1S/C19H21F3N2OS/c20-19(21,22)13-23-18(25)16-6-2-8-24(12-16)11-14-4-1-5-15(10-14)17-7-3-9-26-17/h1,3-5,7,9-10,16H,2,6,8,11-13H2,(H,23,25). The van der Waals surface area contributed by atoms with Gasteiger partial charge in [-0.2, -0.15) is 13.2 Å². The number of carbonyl (C=O) groups excluding carboxylic acids is 1. The summed E-state index contributed by atoms with van der Waals surface area (Å²) < 4.78 is 36.8. The van der Waals surface area contributed by atoms with E-state index in [1.54, 1.807) is 11.3 Å². The molecule has 140 valence electrons. The van der Waals surface area contributed by atoms with Gasteiger partial charge in [0, 0.05) is 18.0 Å². The number of hydrogen-bond acceptors (Lipinski definition) is 3. The lowest BCUT2D eigenvalue weighted by Gasteiger charge is -2.32. The summed E-state index contributed by atoms with van der Waals surface area (Å²) in [5.74, 6) is -0.883. The van der Waals surface area contributed by atoms with E-state index in [0.717, 1.165) is 24.1 Å². The Morgan fingerprint density at radius 3 is 2.85 bits per heavy atom. The molecule has 0 aliphatic carbocycles. The molecule has 1 atom stereocenters. The van der Waals surface area contributed by atoms with Gasteiger partial charge in [-0.3, -0.25) is 9.69 Å². The molecule has 1 aliphatic heterocycles. The van der Waals surface area contributed by atoms with Crippen LogP contribution in [0, 0.1) is 5.92 Å². The summed E-state index contributed by atoms with van der Waals surface area (Å²) in [4.78, 5) is 15.4. The topological polar surface area (TPSA) is 32.3 Å². The quantitative estimate of drug-likeness (QED) is 0.836. The summed E-state index contributed by atoms with van der Waals surface area (Å²) in [6.45, 7) is 0.784. The molecule has 1 fully saturated rings. The molecule has 3 nitrogen and oxygen atoms in total. The molecule has 1 aromatic heterocycles. The molecule has 1 unspecified atom stereocenters. The predicted molar refractivity (Wildman–Crippen MR) is 96.8 cm³/mol. The average molecular weight is 382 g/mol. The van der Waals surface area contributed by atoms with E-state index in [1.807, 2.05) is 28.9 Å². The molecule has 2 heterocycles. The number of thiophene rings is 1. The van der Waals surface area contributed by atoms with Crippen LogP contribution >= 0.6 is 11.3 Å². The number of nitrogens with zero attached hydrogens (tertiary/aromatic N) is 1. The highest BCUT2D eigenvalue weighted by molar-refractivity contribution is 7.13. The number of carbonyl (C=O) groups is 1. The molecular weight excluding hydrogens is 361 g/mol. The summed E-state index contributed by atoms with van der Waals surface area (Å²) in [7, 11) is 0. The van der Waals surface area contributed by atoms with Crippen molar-refractivity contribution in [3.8, 4) is 10.4 Å². The van der Waals surface area contributed by atoms with Crippen LogP contribution in [0.5, 0.6) is 0 Å². The number of benzene rings is 1.